The largest absolute Gasteiger partial charge is 0.331 e. The van der Waals surface area contributed by atoms with Gasteiger partial charge in [0.15, 0.2) is 0 Å². The van der Waals surface area contributed by atoms with Crippen LogP contribution in [0.2, 0.25) is 0 Å². The number of carbonyl (C=O) groups excluding carboxylic acids is 1. The third-order valence-corrected chi connectivity index (χ3v) is 4.72. The van der Waals surface area contributed by atoms with Crippen molar-refractivity contribution < 1.29 is 4.79 Å². The monoisotopic (exact) mass is 396 g/mol. The maximum Gasteiger partial charge on any atom is 0.254 e. The molecule has 0 spiro atoms. The second-order valence-corrected chi connectivity index (χ2v) is 6.69. The minimum Gasteiger partial charge on any atom is -0.331 e. The molecular weight excluding hydrogens is 376 g/mol. The fourth-order valence-electron chi connectivity index (χ4n) is 3.39. The van der Waals surface area contributed by atoms with Crippen molar-refractivity contribution in [1.29, 1.82) is 0 Å². The first-order valence-electron chi connectivity index (χ1n) is 9.45. The number of tetrazole rings is 1. The predicted octanol–water partition coefficient (Wildman–Crippen LogP) is 3.69. The van der Waals surface area contributed by atoms with Crippen LogP contribution < -0.4 is 0 Å². The maximum atomic E-state index is 13.3. The van der Waals surface area contributed by atoms with Gasteiger partial charge in [0.1, 0.15) is 6.33 Å². The summed E-state index contributed by atoms with van der Waals surface area (Å²) >= 11 is 0. The average Bonchev–Trinajstić information content (AvgIpc) is 3.33. The Hall–Kier alpha value is -4.13. The molecule has 0 aliphatic heterocycles. The van der Waals surface area contributed by atoms with E-state index in [1.807, 2.05) is 42.5 Å². The van der Waals surface area contributed by atoms with E-state index >= 15 is 0 Å². The molecule has 0 radical (unpaired) electrons. The number of amides is 1. The van der Waals surface area contributed by atoms with Crippen molar-refractivity contribution in [2.24, 2.45) is 0 Å². The lowest BCUT2D eigenvalue weighted by Gasteiger charge is -2.20. The Labute approximate surface area is 174 Å². The molecular formula is C23H20N6O. The summed E-state index contributed by atoms with van der Waals surface area (Å²) in [4.78, 5) is 19.4. The van der Waals surface area contributed by atoms with Crippen LogP contribution in [0.4, 0.5) is 0 Å². The van der Waals surface area contributed by atoms with E-state index in [2.05, 4.69) is 33.7 Å². The van der Waals surface area contributed by atoms with Crippen LogP contribution in [0.25, 0.3) is 27.7 Å². The lowest BCUT2D eigenvalue weighted by molar-refractivity contribution is 0.0791. The van der Waals surface area contributed by atoms with E-state index in [4.69, 9.17) is 0 Å². The van der Waals surface area contributed by atoms with Gasteiger partial charge < -0.3 is 4.90 Å². The quantitative estimate of drug-likeness (QED) is 0.445. The number of nitrogens with zero attached hydrogens (tertiary/aromatic N) is 6. The highest BCUT2D eigenvalue weighted by atomic mass is 16.2. The van der Waals surface area contributed by atoms with E-state index in [9.17, 15) is 4.79 Å². The number of benzene rings is 2. The Kier molecular flexibility index (Phi) is 5.43. The fraction of sp³-hybridized carbons (Fsp3) is 0.0870. The minimum absolute atomic E-state index is 0.121. The van der Waals surface area contributed by atoms with Gasteiger partial charge in [0.25, 0.3) is 5.91 Å². The molecule has 7 heteroatoms. The zero-order valence-corrected chi connectivity index (χ0v) is 16.3. The van der Waals surface area contributed by atoms with E-state index in [0.717, 1.165) is 22.0 Å². The third kappa shape index (κ3) is 3.73. The van der Waals surface area contributed by atoms with Crippen LogP contribution in [0.3, 0.4) is 0 Å². The zero-order chi connectivity index (χ0) is 20.9. The summed E-state index contributed by atoms with van der Waals surface area (Å²) in [6.07, 6.45) is 6.66. The van der Waals surface area contributed by atoms with E-state index in [1.54, 1.807) is 29.3 Å². The molecule has 4 aromatic rings. The minimum atomic E-state index is -0.121. The molecule has 148 valence electrons. The topological polar surface area (TPSA) is 76.8 Å². The summed E-state index contributed by atoms with van der Waals surface area (Å²) < 4.78 is 1.54. The average molecular weight is 396 g/mol. The van der Waals surface area contributed by atoms with Crippen LogP contribution in [0.1, 0.15) is 10.4 Å². The SMILES string of the molecule is C=CCN(CC=C)C(=O)c1cc(-c2cccc3ncccc23)cc(-n2cnnn2)c1. The summed E-state index contributed by atoms with van der Waals surface area (Å²) in [5.74, 6) is -0.121. The van der Waals surface area contributed by atoms with E-state index in [-0.39, 0.29) is 5.91 Å². The van der Waals surface area contributed by atoms with Gasteiger partial charge in [-0.2, -0.15) is 0 Å². The van der Waals surface area contributed by atoms with Gasteiger partial charge in [-0.05, 0) is 51.9 Å². The van der Waals surface area contributed by atoms with Crippen LogP contribution in [-0.4, -0.2) is 49.1 Å². The Morgan fingerprint density at radius 2 is 1.90 bits per heavy atom. The number of hydrogen-bond acceptors (Lipinski definition) is 5. The Bertz CT molecular complexity index is 1200. The molecule has 2 aromatic carbocycles. The summed E-state index contributed by atoms with van der Waals surface area (Å²) in [5.41, 5.74) is 3.96. The van der Waals surface area contributed by atoms with Crippen LogP contribution in [0.15, 0.2) is 86.4 Å². The van der Waals surface area contributed by atoms with Gasteiger partial charge in [-0.15, -0.1) is 18.3 Å². The fourth-order valence-corrected chi connectivity index (χ4v) is 3.39. The molecule has 0 fully saturated rings. The van der Waals surface area contributed by atoms with Gasteiger partial charge in [0.2, 0.25) is 0 Å². The number of rotatable bonds is 7. The van der Waals surface area contributed by atoms with Gasteiger partial charge >= 0.3 is 0 Å². The highest BCUT2D eigenvalue weighted by molar-refractivity contribution is 5.99. The van der Waals surface area contributed by atoms with E-state index in [0.29, 0.717) is 24.3 Å². The Morgan fingerprint density at radius 1 is 1.07 bits per heavy atom. The molecule has 2 aromatic heterocycles. The zero-order valence-electron chi connectivity index (χ0n) is 16.3. The van der Waals surface area contributed by atoms with Crippen molar-refractivity contribution in [1.82, 2.24) is 30.1 Å². The molecule has 0 N–H and O–H groups in total. The lowest BCUT2D eigenvalue weighted by Crippen LogP contribution is -2.31. The molecule has 30 heavy (non-hydrogen) atoms. The van der Waals surface area contributed by atoms with Gasteiger partial charge in [-0.25, -0.2) is 4.68 Å². The van der Waals surface area contributed by atoms with Crippen LogP contribution >= 0.6 is 0 Å². The number of hydrogen-bond donors (Lipinski definition) is 0. The Balaban J connectivity index is 1.90. The molecule has 0 atom stereocenters. The molecule has 0 aliphatic carbocycles. The lowest BCUT2D eigenvalue weighted by atomic mass is 9.97. The van der Waals surface area contributed by atoms with Crippen molar-refractivity contribution in [3.8, 4) is 16.8 Å². The van der Waals surface area contributed by atoms with Crippen molar-refractivity contribution in [3.05, 3.63) is 91.9 Å². The number of carbonyl (C=O) groups is 1. The summed E-state index contributed by atoms with van der Waals surface area (Å²) in [5, 5.41) is 12.4. The van der Waals surface area contributed by atoms with Crippen molar-refractivity contribution >= 4 is 16.8 Å². The first kappa shape index (κ1) is 19.2. The standard InChI is InChI=1S/C23H20N6O/c1-3-11-28(12-4-2)23(30)18-13-17(14-19(15-18)29-16-25-26-27-29)20-7-5-9-22-21(20)8-6-10-24-22/h3-10,13-16H,1-2,11-12H2. The summed E-state index contributed by atoms with van der Waals surface area (Å²) in [7, 11) is 0. The molecule has 0 saturated carbocycles. The molecule has 7 nitrogen and oxygen atoms in total. The van der Waals surface area contributed by atoms with Crippen molar-refractivity contribution in [2.75, 3.05) is 13.1 Å². The predicted molar refractivity (Wildman–Crippen MR) is 116 cm³/mol. The second-order valence-electron chi connectivity index (χ2n) is 6.69. The summed E-state index contributed by atoms with van der Waals surface area (Å²) in [6, 6.07) is 15.5. The molecule has 0 aliphatic rings. The maximum absolute atomic E-state index is 13.3. The van der Waals surface area contributed by atoms with Gasteiger partial charge in [0.05, 0.1) is 11.2 Å². The molecule has 4 rings (SSSR count). The van der Waals surface area contributed by atoms with E-state index < -0.39 is 0 Å². The molecule has 2 heterocycles. The summed E-state index contributed by atoms with van der Waals surface area (Å²) in [6.45, 7) is 8.35. The smallest absolute Gasteiger partial charge is 0.254 e. The highest BCUT2D eigenvalue weighted by Crippen LogP contribution is 2.30. The van der Waals surface area contributed by atoms with Gasteiger partial charge in [-0.3, -0.25) is 9.78 Å². The number of aromatic nitrogens is 5. The van der Waals surface area contributed by atoms with Crippen molar-refractivity contribution in [3.63, 3.8) is 0 Å². The molecule has 0 bridgehead atoms. The molecule has 1 amide bonds. The van der Waals surface area contributed by atoms with Crippen LogP contribution in [-0.2, 0) is 0 Å². The number of pyridine rings is 1. The normalized spacial score (nSPS) is 10.7. The molecule has 0 unspecified atom stereocenters. The third-order valence-electron chi connectivity index (χ3n) is 4.72. The Morgan fingerprint density at radius 3 is 2.63 bits per heavy atom. The molecule has 0 saturated heterocycles. The van der Waals surface area contributed by atoms with Gasteiger partial charge in [-0.1, -0.05) is 30.4 Å². The second kappa shape index (κ2) is 8.48. The van der Waals surface area contributed by atoms with Gasteiger partial charge in [0, 0.05) is 30.2 Å². The number of fused-ring (bicyclic) bond motifs is 1. The van der Waals surface area contributed by atoms with E-state index in [1.165, 1.54) is 11.0 Å². The first-order valence-corrected chi connectivity index (χ1v) is 9.45. The first-order chi connectivity index (χ1) is 14.7. The van der Waals surface area contributed by atoms with Crippen LogP contribution in [0, 0.1) is 0 Å². The van der Waals surface area contributed by atoms with Crippen LogP contribution in [0.5, 0.6) is 0 Å². The highest BCUT2D eigenvalue weighted by Gasteiger charge is 2.17. The van der Waals surface area contributed by atoms with Crippen molar-refractivity contribution in [2.45, 2.75) is 0 Å².